The first kappa shape index (κ1) is 29.8. The number of ether oxygens (including phenoxy) is 3. The van der Waals surface area contributed by atoms with Crippen LogP contribution in [0.1, 0.15) is 36.2 Å². The summed E-state index contributed by atoms with van der Waals surface area (Å²) in [5.41, 5.74) is 0.619. The number of rotatable bonds is 9. The predicted octanol–water partition coefficient (Wildman–Crippen LogP) is 2.88. The van der Waals surface area contributed by atoms with E-state index in [1.807, 2.05) is 85.1 Å². The van der Waals surface area contributed by atoms with Crippen molar-refractivity contribution in [2.75, 3.05) is 71.4 Å². The highest BCUT2D eigenvalue weighted by molar-refractivity contribution is 6.06. The summed E-state index contributed by atoms with van der Waals surface area (Å²) in [5, 5.41) is 0. The fraction of sp³-hybridized carbons (Fsp3) is 0.469. The van der Waals surface area contributed by atoms with Crippen molar-refractivity contribution in [3.63, 3.8) is 0 Å². The Hall–Kier alpha value is -3.73. The van der Waals surface area contributed by atoms with Crippen molar-refractivity contribution >= 4 is 29.5 Å². The molecule has 0 bridgehead atoms. The number of allylic oxidation sites excluding steroid dienone is 1. The minimum absolute atomic E-state index is 0.0614. The molecule has 42 heavy (non-hydrogen) atoms. The van der Waals surface area contributed by atoms with E-state index in [9.17, 15) is 14.4 Å². The Morgan fingerprint density at radius 1 is 0.881 bits per heavy atom. The van der Waals surface area contributed by atoms with Gasteiger partial charge in [-0.05, 0) is 68.3 Å². The van der Waals surface area contributed by atoms with Crippen LogP contribution in [-0.2, 0) is 19.1 Å². The van der Waals surface area contributed by atoms with Gasteiger partial charge in [0.15, 0.2) is 5.78 Å². The zero-order chi connectivity index (χ0) is 29.9. The zero-order valence-corrected chi connectivity index (χ0v) is 24.9. The quantitative estimate of drug-likeness (QED) is 0.192. The molecule has 0 saturated carbocycles. The van der Waals surface area contributed by atoms with Crippen molar-refractivity contribution in [2.45, 2.75) is 31.7 Å². The first-order valence-corrected chi connectivity index (χ1v) is 14.5. The molecule has 10 heteroatoms. The Balaban J connectivity index is 1.10. The molecule has 2 atom stereocenters. The summed E-state index contributed by atoms with van der Waals surface area (Å²) in [7, 11) is 3.99. The maximum atomic E-state index is 12.6. The van der Waals surface area contributed by atoms with E-state index in [4.69, 9.17) is 14.2 Å². The molecule has 2 aromatic carbocycles. The van der Waals surface area contributed by atoms with Crippen LogP contribution in [0.15, 0.2) is 54.6 Å². The second kappa shape index (κ2) is 12.2. The van der Waals surface area contributed by atoms with Crippen LogP contribution >= 0.6 is 0 Å². The van der Waals surface area contributed by atoms with E-state index in [2.05, 4.69) is 4.90 Å². The number of hydrogen-bond acceptors (Lipinski definition) is 10. The number of fused-ring (bicyclic) bond motifs is 3. The van der Waals surface area contributed by atoms with Crippen LogP contribution in [0.2, 0.25) is 0 Å². The van der Waals surface area contributed by atoms with E-state index in [1.54, 1.807) is 18.2 Å². The lowest BCUT2D eigenvalue weighted by atomic mass is 10.00. The number of hydrogen-bond donors (Lipinski definition) is 0. The summed E-state index contributed by atoms with van der Waals surface area (Å²) in [6.07, 6.45) is 4.21. The topological polar surface area (TPSA) is 91.9 Å². The molecule has 0 aliphatic carbocycles. The number of esters is 2. The highest BCUT2D eigenvalue weighted by Crippen LogP contribution is 2.42. The lowest BCUT2D eigenvalue weighted by molar-refractivity contribution is -0.242. The van der Waals surface area contributed by atoms with Crippen molar-refractivity contribution in [2.24, 2.45) is 0 Å². The number of anilines is 1. The van der Waals surface area contributed by atoms with Crippen molar-refractivity contribution in [1.29, 1.82) is 0 Å². The fourth-order valence-electron chi connectivity index (χ4n) is 5.82. The van der Waals surface area contributed by atoms with Gasteiger partial charge < -0.3 is 24.0 Å². The van der Waals surface area contributed by atoms with E-state index in [1.165, 1.54) is 0 Å². The Bertz CT molecular complexity index is 1290. The monoisotopic (exact) mass is 576 g/mol. The van der Waals surface area contributed by atoms with E-state index in [-0.39, 0.29) is 30.8 Å². The maximum Gasteiger partial charge on any atom is 0.322 e. The summed E-state index contributed by atoms with van der Waals surface area (Å²) in [6, 6.07) is 15.2. The third-order valence-electron chi connectivity index (χ3n) is 8.57. The normalized spacial score (nSPS) is 25.2. The minimum Gasteiger partial charge on any atom is -0.494 e. The molecule has 0 unspecified atom stereocenters. The predicted molar refractivity (Wildman–Crippen MR) is 159 cm³/mol. The molecule has 3 fully saturated rings. The molecule has 3 aliphatic rings. The van der Waals surface area contributed by atoms with Gasteiger partial charge in [0, 0.05) is 58.1 Å². The van der Waals surface area contributed by atoms with Crippen LogP contribution in [0.5, 0.6) is 5.75 Å². The molecule has 3 heterocycles. The number of ketones is 1. The van der Waals surface area contributed by atoms with Crippen LogP contribution in [0.4, 0.5) is 5.69 Å². The van der Waals surface area contributed by atoms with E-state index in [0.29, 0.717) is 31.0 Å². The van der Waals surface area contributed by atoms with Gasteiger partial charge in [0.05, 0.1) is 6.61 Å². The standard InChI is InChI=1S/C32H40N4O6/c1-31-32(2)36(23-30(39)42-32)20-18-34(17-19-35(31)22-29(38)41-31)16-5-21-40-27-13-9-25(10-14-27)28(37)15-8-24-6-11-26(12-7-24)33(3)4/h6-15H,5,16-23H2,1-4H3/b15-8+/t31-,32+. The van der Waals surface area contributed by atoms with Crippen LogP contribution in [-0.4, -0.2) is 110 Å². The summed E-state index contributed by atoms with van der Waals surface area (Å²) in [4.78, 5) is 45.5. The van der Waals surface area contributed by atoms with Crippen LogP contribution in [0, 0.1) is 0 Å². The Morgan fingerprint density at radius 2 is 1.45 bits per heavy atom. The first-order valence-electron chi connectivity index (χ1n) is 14.5. The lowest BCUT2D eigenvalue weighted by Crippen LogP contribution is -2.65. The van der Waals surface area contributed by atoms with Crippen molar-refractivity contribution in [1.82, 2.24) is 14.7 Å². The van der Waals surface area contributed by atoms with Gasteiger partial charge in [-0.2, -0.15) is 0 Å². The highest BCUT2D eigenvalue weighted by atomic mass is 16.6. The summed E-state index contributed by atoms with van der Waals surface area (Å²) >= 11 is 0. The average Bonchev–Trinajstić information content (AvgIpc) is 3.45. The summed E-state index contributed by atoms with van der Waals surface area (Å²) < 4.78 is 17.5. The van der Waals surface area contributed by atoms with Crippen LogP contribution in [0.25, 0.3) is 6.08 Å². The van der Waals surface area contributed by atoms with Gasteiger partial charge in [-0.25, -0.2) is 9.80 Å². The maximum absolute atomic E-state index is 12.6. The molecule has 0 amide bonds. The summed E-state index contributed by atoms with van der Waals surface area (Å²) in [5.74, 6) is 0.0430. The molecule has 0 radical (unpaired) electrons. The largest absolute Gasteiger partial charge is 0.494 e. The molecule has 3 saturated heterocycles. The molecular weight excluding hydrogens is 536 g/mol. The smallest absolute Gasteiger partial charge is 0.322 e. The fourth-order valence-corrected chi connectivity index (χ4v) is 5.82. The molecular formula is C32H40N4O6. The van der Waals surface area contributed by atoms with Crippen molar-refractivity contribution in [3.8, 4) is 5.75 Å². The molecule has 3 aliphatic heterocycles. The first-order chi connectivity index (χ1) is 20.1. The number of benzene rings is 2. The average molecular weight is 577 g/mol. The third kappa shape index (κ3) is 6.21. The molecule has 5 rings (SSSR count). The molecule has 2 aromatic rings. The second-order valence-corrected chi connectivity index (χ2v) is 11.5. The Kier molecular flexibility index (Phi) is 8.68. The van der Waals surface area contributed by atoms with Crippen molar-refractivity contribution < 1.29 is 28.6 Å². The molecule has 0 spiro atoms. The lowest BCUT2D eigenvalue weighted by Gasteiger charge is -2.46. The molecule has 224 valence electrons. The highest BCUT2D eigenvalue weighted by Gasteiger charge is 2.64. The van der Waals surface area contributed by atoms with E-state index < -0.39 is 11.4 Å². The number of carbonyl (C=O) groups excluding carboxylic acids is 3. The third-order valence-corrected chi connectivity index (χ3v) is 8.57. The number of nitrogens with zero attached hydrogens (tertiary/aromatic N) is 4. The van der Waals surface area contributed by atoms with Gasteiger partial charge in [-0.1, -0.05) is 18.2 Å². The number of carbonyl (C=O) groups is 3. The second-order valence-electron chi connectivity index (χ2n) is 11.5. The molecule has 0 N–H and O–H groups in total. The molecule has 10 nitrogen and oxygen atoms in total. The summed E-state index contributed by atoms with van der Waals surface area (Å²) in [6.45, 7) is 8.11. The molecule has 0 aromatic heterocycles. The van der Waals surface area contributed by atoms with Gasteiger partial charge in [0.1, 0.15) is 18.8 Å². The van der Waals surface area contributed by atoms with E-state index >= 15 is 0 Å². The van der Waals surface area contributed by atoms with Gasteiger partial charge in [-0.3, -0.25) is 14.4 Å². The SMILES string of the molecule is CN(C)c1ccc(/C=C/C(=O)c2ccc(OCCCN3CCN4CC(=O)O[C@]4(C)[C@]4(C)OC(=O)CN4CC3)cc2)cc1. The van der Waals surface area contributed by atoms with Crippen LogP contribution in [0.3, 0.4) is 0 Å². The van der Waals surface area contributed by atoms with Crippen molar-refractivity contribution in [3.05, 3.63) is 65.7 Å². The zero-order valence-electron chi connectivity index (χ0n) is 24.9. The van der Waals surface area contributed by atoms with Gasteiger partial charge >= 0.3 is 11.9 Å². The van der Waals surface area contributed by atoms with Crippen LogP contribution < -0.4 is 9.64 Å². The van der Waals surface area contributed by atoms with Gasteiger partial charge in [-0.15, -0.1) is 0 Å². The minimum atomic E-state index is -1.03. The Morgan fingerprint density at radius 3 is 2.00 bits per heavy atom. The van der Waals surface area contributed by atoms with Gasteiger partial charge in [0.2, 0.25) is 11.4 Å². The Labute approximate surface area is 247 Å². The van der Waals surface area contributed by atoms with Gasteiger partial charge in [0.25, 0.3) is 0 Å². The van der Waals surface area contributed by atoms with E-state index in [0.717, 1.165) is 37.3 Å².